The molecule has 0 saturated carbocycles. The number of carbonyl (C=O) groups is 3. The van der Waals surface area contributed by atoms with Gasteiger partial charge >= 0.3 is 19.8 Å². The van der Waals surface area contributed by atoms with E-state index in [1.165, 1.54) is 0 Å². The van der Waals surface area contributed by atoms with Crippen LogP contribution in [0.5, 0.6) is 0 Å². The van der Waals surface area contributed by atoms with Gasteiger partial charge in [0.05, 0.1) is 18.4 Å². The fraction of sp³-hybridized carbons (Fsp3) is 0.857. The fourth-order valence-electron chi connectivity index (χ4n) is 3.30. The Labute approximate surface area is 195 Å². The second-order valence-electron chi connectivity index (χ2n) is 10.2. The summed E-state index contributed by atoms with van der Waals surface area (Å²) in [6.45, 7) is 9.44. The summed E-state index contributed by atoms with van der Waals surface area (Å²) in [7, 11) is -2.15. The number of rotatable bonds is 8. The predicted molar refractivity (Wildman–Crippen MR) is 118 cm³/mol. The van der Waals surface area contributed by atoms with Crippen molar-refractivity contribution >= 4 is 25.7 Å². The zero-order valence-corrected chi connectivity index (χ0v) is 21.3. The third-order valence-corrected chi connectivity index (χ3v) is 6.63. The number of nitrogens with one attached hydrogen (secondary N) is 1. The molecule has 2 fully saturated rings. The van der Waals surface area contributed by atoms with Gasteiger partial charge in [0.15, 0.2) is 6.10 Å². The molecule has 0 spiro atoms. The van der Waals surface area contributed by atoms with Crippen molar-refractivity contribution in [1.82, 2.24) is 10.2 Å². The van der Waals surface area contributed by atoms with Crippen LogP contribution in [0.4, 0.5) is 0 Å². The highest BCUT2D eigenvalue weighted by molar-refractivity contribution is 7.48. The summed E-state index contributed by atoms with van der Waals surface area (Å²) in [6.07, 6.45) is 0.511. The molecule has 2 heterocycles. The summed E-state index contributed by atoms with van der Waals surface area (Å²) in [5.41, 5.74) is -1.57. The molecule has 1 N–H and O–H groups in total. The van der Waals surface area contributed by atoms with Gasteiger partial charge in [-0.05, 0) is 47.2 Å². The number of phosphoric ester groups is 1. The van der Waals surface area contributed by atoms with Gasteiger partial charge in [-0.3, -0.25) is 23.4 Å². The Morgan fingerprint density at radius 3 is 2.58 bits per heavy atom. The number of likely N-dealkylation sites (N-methyl/N-ethyl adjacent to an activating group) is 1. The van der Waals surface area contributed by atoms with Gasteiger partial charge < -0.3 is 19.7 Å². The van der Waals surface area contributed by atoms with E-state index in [9.17, 15) is 18.9 Å². The number of ether oxygens (including phenoxy) is 2. The lowest BCUT2D eigenvalue weighted by Crippen LogP contribution is -2.50. The van der Waals surface area contributed by atoms with Gasteiger partial charge in [0.2, 0.25) is 12.7 Å². The van der Waals surface area contributed by atoms with E-state index < -0.39 is 49.4 Å². The van der Waals surface area contributed by atoms with Gasteiger partial charge in [-0.2, -0.15) is 0 Å². The Morgan fingerprint density at radius 1 is 1.24 bits per heavy atom. The van der Waals surface area contributed by atoms with Crippen LogP contribution in [-0.4, -0.2) is 75.0 Å². The monoisotopic (exact) mass is 492 g/mol. The second-order valence-corrected chi connectivity index (χ2v) is 11.8. The van der Waals surface area contributed by atoms with Crippen LogP contribution in [0, 0.1) is 10.8 Å². The molecule has 0 aliphatic carbocycles. The van der Waals surface area contributed by atoms with Crippen LogP contribution >= 0.6 is 7.82 Å². The lowest BCUT2D eigenvalue weighted by molar-refractivity contribution is -0.163. The summed E-state index contributed by atoms with van der Waals surface area (Å²) in [5, 5.41) is 2.62. The summed E-state index contributed by atoms with van der Waals surface area (Å²) in [4.78, 5) is 38.8. The maximum absolute atomic E-state index is 12.8. The quantitative estimate of drug-likeness (QED) is 0.306. The molecule has 2 rings (SSSR count). The van der Waals surface area contributed by atoms with Crippen molar-refractivity contribution in [2.24, 2.45) is 10.8 Å². The van der Waals surface area contributed by atoms with Gasteiger partial charge in [0, 0.05) is 18.5 Å². The molecule has 190 valence electrons. The first-order chi connectivity index (χ1) is 15.2. The standard InChI is InChI=1S/C21H37N2O9P/c1-20(2,3)19(26)28-14-30-33(27)29-13-21(4,5)17(32-33)18(25)22-10-9-16(24)31-15-8-7-11-23(6)12-15/h15,17H,7-14H2,1-6H3,(H,22,25)/t15?,17-,33?/m0/s1. The van der Waals surface area contributed by atoms with Crippen molar-refractivity contribution in [2.75, 3.05) is 40.1 Å². The lowest BCUT2D eigenvalue weighted by Gasteiger charge is -2.39. The Bertz CT molecular complexity index is 765. The smallest absolute Gasteiger partial charge is 0.461 e. The normalized spacial score (nSPS) is 28.1. The molecule has 12 heteroatoms. The molecule has 3 atom stereocenters. The number of piperidine rings is 1. The molecule has 1 amide bonds. The first-order valence-electron chi connectivity index (χ1n) is 11.1. The number of carbonyl (C=O) groups excluding carboxylic acids is 3. The average Bonchev–Trinajstić information content (AvgIpc) is 2.69. The van der Waals surface area contributed by atoms with Gasteiger partial charge in [-0.15, -0.1) is 0 Å². The number of likely N-dealkylation sites (tertiary alicyclic amines) is 1. The van der Waals surface area contributed by atoms with Crippen LogP contribution in [0.15, 0.2) is 0 Å². The van der Waals surface area contributed by atoms with Crippen molar-refractivity contribution in [3.63, 3.8) is 0 Å². The lowest BCUT2D eigenvalue weighted by atomic mass is 9.87. The van der Waals surface area contributed by atoms with Crippen LogP contribution in [-0.2, 0) is 42.0 Å². The van der Waals surface area contributed by atoms with E-state index in [-0.39, 0.29) is 25.7 Å². The number of phosphoric acid groups is 1. The summed E-state index contributed by atoms with van der Waals surface area (Å²) in [5.74, 6) is -1.49. The van der Waals surface area contributed by atoms with E-state index in [2.05, 4.69) is 10.2 Å². The molecule has 0 radical (unpaired) electrons. The number of hydrogen-bond donors (Lipinski definition) is 1. The summed E-state index contributed by atoms with van der Waals surface area (Å²) in [6, 6.07) is 0. The molecule has 0 aromatic rings. The molecule has 2 unspecified atom stereocenters. The minimum absolute atomic E-state index is 0.00647. The van der Waals surface area contributed by atoms with Crippen molar-refractivity contribution in [1.29, 1.82) is 0 Å². The van der Waals surface area contributed by atoms with Crippen LogP contribution in [0.1, 0.15) is 53.9 Å². The van der Waals surface area contributed by atoms with E-state index in [0.717, 1.165) is 19.4 Å². The molecule has 2 aliphatic heterocycles. The summed E-state index contributed by atoms with van der Waals surface area (Å²) >= 11 is 0. The highest BCUT2D eigenvalue weighted by Crippen LogP contribution is 2.57. The molecule has 0 aromatic carbocycles. The van der Waals surface area contributed by atoms with E-state index in [4.69, 9.17) is 23.0 Å². The Morgan fingerprint density at radius 2 is 1.94 bits per heavy atom. The molecule has 33 heavy (non-hydrogen) atoms. The third-order valence-electron chi connectivity index (χ3n) is 5.30. The van der Waals surface area contributed by atoms with Gasteiger partial charge in [0.25, 0.3) is 0 Å². The maximum Gasteiger partial charge on any atom is 0.478 e. The van der Waals surface area contributed by atoms with Crippen LogP contribution in [0.2, 0.25) is 0 Å². The second kappa shape index (κ2) is 11.3. The first-order valence-corrected chi connectivity index (χ1v) is 12.6. The molecule has 2 saturated heterocycles. The zero-order chi connectivity index (χ0) is 24.9. The van der Waals surface area contributed by atoms with E-state index in [0.29, 0.717) is 6.54 Å². The molecular formula is C21H37N2O9P. The van der Waals surface area contributed by atoms with Crippen molar-refractivity contribution in [3.05, 3.63) is 0 Å². The van der Waals surface area contributed by atoms with Crippen LogP contribution < -0.4 is 5.32 Å². The number of esters is 2. The number of amides is 1. The van der Waals surface area contributed by atoms with Crippen molar-refractivity contribution < 1.29 is 42.0 Å². The Hall–Kier alpha value is -1.52. The summed E-state index contributed by atoms with van der Waals surface area (Å²) < 4.78 is 38.9. The third kappa shape index (κ3) is 8.64. The Kier molecular flexibility index (Phi) is 9.47. The predicted octanol–water partition coefficient (Wildman–Crippen LogP) is 2.24. The largest absolute Gasteiger partial charge is 0.478 e. The van der Waals surface area contributed by atoms with Crippen molar-refractivity contribution in [2.45, 2.75) is 66.1 Å². The molecular weight excluding hydrogens is 455 g/mol. The highest BCUT2D eigenvalue weighted by Gasteiger charge is 2.49. The average molecular weight is 493 g/mol. The minimum Gasteiger partial charge on any atom is -0.461 e. The topological polar surface area (TPSA) is 130 Å². The fourth-order valence-corrected chi connectivity index (χ4v) is 4.80. The van der Waals surface area contributed by atoms with E-state index in [1.807, 2.05) is 7.05 Å². The van der Waals surface area contributed by atoms with Crippen LogP contribution in [0.3, 0.4) is 0 Å². The Balaban J connectivity index is 1.82. The van der Waals surface area contributed by atoms with Crippen LogP contribution in [0.25, 0.3) is 0 Å². The van der Waals surface area contributed by atoms with E-state index in [1.54, 1.807) is 34.6 Å². The molecule has 0 aromatic heterocycles. The molecule has 2 aliphatic rings. The minimum atomic E-state index is -4.13. The number of nitrogens with zero attached hydrogens (tertiary/aromatic N) is 1. The maximum atomic E-state index is 12.8. The van der Waals surface area contributed by atoms with Gasteiger partial charge in [-0.25, -0.2) is 9.09 Å². The molecule has 0 bridgehead atoms. The highest BCUT2D eigenvalue weighted by atomic mass is 31.2. The molecule has 11 nitrogen and oxygen atoms in total. The van der Waals surface area contributed by atoms with Gasteiger partial charge in [0.1, 0.15) is 6.10 Å². The van der Waals surface area contributed by atoms with Gasteiger partial charge in [-0.1, -0.05) is 13.8 Å². The SMILES string of the molecule is CN1CCCC(OC(=O)CCNC(=O)[C@@H]2OP(=O)(OCOC(=O)C(C)(C)C)OCC2(C)C)C1. The van der Waals surface area contributed by atoms with Crippen molar-refractivity contribution in [3.8, 4) is 0 Å². The first kappa shape index (κ1) is 27.7. The number of hydrogen-bond acceptors (Lipinski definition) is 10. The zero-order valence-electron chi connectivity index (χ0n) is 20.4. The van der Waals surface area contributed by atoms with E-state index >= 15 is 0 Å².